The van der Waals surface area contributed by atoms with E-state index in [1.165, 1.54) is 17.8 Å². The van der Waals surface area contributed by atoms with E-state index in [1.54, 1.807) is 6.07 Å². The van der Waals surface area contributed by atoms with Crippen molar-refractivity contribution in [1.29, 1.82) is 0 Å². The van der Waals surface area contributed by atoms with E-state index in [4.69, 9.17) is 0 Å². The molecule has 1 aromatic heterocycles. The summed E-state index contributed by atoms with van der Waals surface area (Å²) in [6.07, 6.45) is 1.30. The molecule has 0 atom stereocenters. The number of nitro groups is 1. The molecule has 0 unspecified atom stereocenters. The third-order valence-corrected chi connectivity index (χ3v) is 3.33. The molecule has 2 aromatic rings. The average molecular weight is 270 g/mol. The summed E-state index contributed by atoms with van der Waals surface area (Å²) in [4.78, 5) is 16.6. The number of fused-ring (bicyclic) bond motifs is 1. The lowest BCUT2D eigenvalue weighted by Gasteiger charge is -2.23. The van der Waals surface area contributed by atoms with Crippen LogP contribution in [0, 0.1) is 10.1 Å². The van der Waals surface area contributed by atoms with Crippen LogP contribution in [-0.2, 0) is 6.54 Å². The highest BCUT2D eigenvalue weighted by atomic mass is 16.6. The van der Waals surface area contributed by atoms with E-state index >= 15 is 0 Å². The number of hydrogen-bond acceptors (Lipinski definition) is 5. The molecule has 20 heavy (non-hydrogen) atoms. The highest BCUT2D eigenvalue weighted by Gasteiger charge is 2.17. The largest absolute Gasteiger partial charge is 0.325 e. The van der Waals surface area contributed by atoms with Crippen LogP contribution in [0.2, 0.25) is 0 Å². The van der Waals surface area contributed by atoms with Crippen molar-refractivity contribution in [2.75, 3.05) is 18.0 Å². The molecule has 0 saturated heterocycles. The van der Waals surface area contributed by atoms with Crippen LogP contribution in [0.15, 0.2) is 42.6 Å². The van der Waals surface area contributed by atoms with Crippen molar-refractivity contribution in [2.45, 2.75) is 6.54 Å². The van der Waals surface area contributed by atoms with Gasteiger partial charge in [0.05, 0.1) is 4.92 Å². The number of para-hydroxylation sites is 1. The molecule has 6 heteroatoms. The van der Waals surface area contributed by atoms with Crippen LogP contribution in [0.5, 0.6) is 0 Å². The average Bonchev–Trinajstić information content (AvgIpc) is 2.69. The quantitative estimate of drug-likeness (QED) is 0.669. The van der Waals surface area contributed by atoms with Crippen LogP contribution in [0.3, 0.4) is 0 Å². The Kier molecular flexibility index (Phi) is 3.30. The van der Waals surface area contributed by atoms with E-state index in [0.717, 1.165) is 31.1 Å². The number of rotatable bonds is 2. The van der Waals surface area contributed by atoms with Gasteiger partial charge < -0.3 is 10.2 Å². The number of hydrogen-bond donors (Lipinski definition) is 1. The molecule has 102 valence electrons. The predicted molar refractivity (Wildman–Crippen MR) is 76.0 cm³/mol. The maximum Gasteiger partial charge on any atom is 0.287 e. The van der Waals surface area contributed by atoms with Gasteiger partial charge in [-0.25, -0.2) is 4.98 Å². The van der Waals surface area contributed by atoms with E-state index in [2.05, 4.69) is 21.3 Å². The van der Waals surface area contributed by atoms with Crippen LogP contribution in [-0.4, -0.2) is 23.0 Å². The minimum Gasteiger partial charge on any atom is -0.325 e. The molecule has 3 rings (SSSR count). The molecule has 0 fully saturated rings. The van der Waals surface area contributed by atoms with Crippen LogP contribution in [0.4, 0.5) is 17.2 Å². The Morgan fingerprint density at radius 2 is 2.10 bits per heavy atom. The fraction of sp³-hybridized carbons (Fsp3) is 0.214. The first-order valence-electron chi connectivity index (χ1n) is 6.42. The summed E-state index contributed by atoms with van der Waals surface area (Å²) in [6.45, 7) is 2.44. The fourth-order valence-corrected chi connectivity index (χ4v) is 2.34. The van der Waals surface area contributed by atoms with Crippen LogP contribution >= 0.6 is 0 Å². The van der Waals surface area contributed by atoms with Crippen LogP contribution < -0.4 is 10.2 Å². The Morgan fingerprint density at radius 3 is 2.85 bits per heavy atom. The smallest absolute Gasteiger partial charge is 0.287 e. The van der Waals surface area contributed by atoms with E-state index in [0.29, 0.717) is 0 Å². The van der Waals surface area contributed by atoms with Gasteiger partial charge in [0, 0.05) is 31.4 Å². The second kappa shape index (κ2) is 5.26. The molecule has 0 amide bonds. The molecule has 1 aliphatic rings. The highest BCUT2D eigenvalue weighted by molar-refractivity contribution is 5.64. The number of nitrogens with one attached hydrogen (secondary N) is 1. The second-order valence-corrected chi connectivity index (χ2v) is 4.59. The van der Waals surface area contributed by atoms with Gasteiger partial charge in [0.2, 0.25) is 0 Å². The first kappa shape index (κ1) is 12.6. The molecule has 0 bridgehead atoms. The second-order valence-electron chi connectivity index (χ2n) is 4.59. The Balaban J connectivity index is 1.98. The molecular formula is C14H14N4O2. The third kappa shape index (κ3) is 2.33. The SMILES string of the molecule is O=[N+]([O-])c1ccc(N2CCNCc3ccccc32)nc1. The van der Waals surface area contributed by atoms with Gasteiger partial charge in [-0.3, -0.25) is 10.1 Å². The Hall–Kier alpha value is -2.47. The summed E-state index contributed by atoms with van der Waals surface area (Å²) < 4.78 is 0. The summed E-state index contributed by atoms with van der Waals surface area (Å²) in [6, 6.07) is 11.3. The molecular weight excluding hydrogens is 256 g/mol. The van der Waals surface area contributed by atoms with Crippen molar-refractivity contribution >= 4 is 17.2 Å². The van der Waals surface area contributed by atoms with Crippen molar-refractivity contribution in [3.63, 3.8) is 0 Å². The number of aromatic nitrogens is 1. The monoisotopic (exact) mass is 270 g/mol. The lowest BCUT2D eigenvalue weighted by atomic mass is 10.1. The maximum absolute atomic E-state index is 10.7. The first-order valence-corrected chi connectivity index (χ1v) is 6.42. The molecule has 1 aromatic carbocycles. The first-order chi connectivity index (χ1) is 9.75. The van der Waals surface area contributed by atoms with Gasteiger partial charge in [-0.2, -0.15) is 0 Å². The summed E-state index contributed by atoms with van der Waals surface area (Å²) in [7, 11) is 0. The molecule has 1 N–H and O–H groups in total. The zero-order valence-electron chi connectivity index (χ0n) is 10.8. The van der Waals surface area contributed by atoms with Crippen molar-refractivity contribution in [1.82, 2.24) is 10.3 Å². The molecule has 0 aliphatic carbocycles. The normalized spacial score (nSPS) is 14.5. The highest BCUT2D eigenvalue weighted by Crippen LogP contribution is 2.29. The van der Waals surface area contributed by atoms with Gasteiger partial charge in [0.1, 0.15) is 12.0 Å². The minimum absolute atomic E-state index is 0.00924. The molecule has 2 heterocycles. The van der Waals surface area contributed by atoms with Crippen molar-refractivity contribution in [2.24, 2.45) is 0 Å². The van der Waals surface area contributed by atoms with Crippen LogP contribution in [0.25, 0.3) is 0 Å². The maximum atomic E-state index is 10.7. The van der Waals surface area contributed by atoms with Gasteiger partial charge in [-0.1, -0.05) is 18.2 Å². The fourth-order valence-electron chi connectivity index (χ4n) is 2.34. The summed E-state index contributed by atoms with van der Waals surface area (Å²) >= 11 is 0. The van der Waals surface area contributed by atoms with Gasteiger partial charge >= 0.3 is 0 Å². The molecule has 1 aliphatic heterocycles. The van der Waals surface area contributed by atoms with E-state index in [1.807, 2.05) is 18.2 Å². The van der Waals surface area contributed by atoms with Gasteiger partial charge in [-0.15, -0.1) is 0 Å². The third-order valence-electron chi connectivity index (χ3n) is 3.33. The summed E-state index contributed by atoms with van der Waals surface area (Å²) in [5.41, 5.74) is 2.30. The van der Waals surface area contributed by atoms with E-state index in [-0.39, 0.29) is 5.69 Å². The van der Waals surface area contributed by atoms with Crippen molar-refractivity contribution in [3.8, 4) is 0 Å². The Labute approximate surface area is 116 Å². The van der Waals surface area contributed by atoms with Gasteiger partial charge in [0.15, 0.2) is 0 Å². The topological polar surface area (TPSA) is 71.3 Å². The Morgan fingerprint density at radius 1 is 1.25 bits per heavy atom. The number of anilines is 2. The van der Waals surface area contributed by atoms with E-state index < -0.39 is 4.92 Å². The molecule has 0 radical (unpaired) electrons. The van der Waals surface area contributed by atoms with Crippen molar-refractivity contribution < 1.29 is 4.92 Å². The Bertz CT molecular complexity index is 627. The predicted octanol–water partition coefficient (Wildman–Crippen LogP) is 2.23. The summed E-state index contributed by atoms with van der Waals surface area (Å²) in [5, 5.41) is 14.0. The number of pyridine rings is 1. The minimum atomic E-state index is -0.436. The van der Waals surface area contributed by atoms with Crippen molar-refractivity contribution in [3.05, 3.63) is 58.3 Å². The lowest BCUT2D eigenvalue weighted by molar-refractivity contribution is -0.385. The zero-order chi connectivity index (χ0) is 13.9. The lowest BCUT2D eigenvalue weighted by Crippen LogP contribution is -2.25. The molecule has 6 nitrogen and oxygen atoms in total. The zero-order valence-corrected chi connectivity index (χ0v) is 10.8. The van der Waals surface area contributed by atoms with E-state index in [9.17, 15) is 10.1 Å². The van der Waals surface area contributed by atoms with Crippen LogP contribution in [0.1, 0.15) is 5.56 Å². The molecule has 0 spiro atoms. The number of nitrogens with zero attached hydrogens (tertiary/aromatic N) is 3. The number of benzene rings is 1. The summed E-state index contributed by atoms with van der Waals surface area (Å²) in [5.74, 6) is 0.728. The standard InChI is InChI=1S/C14H14N4O2/c19-18(20)12-5-6-14(16-10-12)17-8-7-15-9-11-3-1-2-4-13(11)17/h1-6,10,15H,7-9H2. The van der Waals surface area contributed by atoms with Gasteiger partial charge in [0.25, 0.3) is 5.69 Å². The molecule has 0 saturated carbocycles. The van der Waals surface area contributed by atoms with Gasteiger partial charge in [-0.05, 0) is 17.7 Å².